The van der Waals surface area contributed by atoms with Gasteiger partial charge in [-0.2, -0.15) is 0 Å². The first-order valence-electron chi connectivity index (χ1n) is 23.7. The van der Waals surface area contributed by atoms with Gasteiger partial charge in [-0.3, -0.25) is 0 Å². The van der Waals surface area contributed by atoms with Crippen LogP contribution >= 0.6 is 0 Å². The summed E-state index contributed by atoms with van der Waals surface area (Å²) < 4.78 is 60.1. The topological polar surface area (TPSA) is 11.6 Å². The van der Waals surface area contributed by atoms with Crippen LogP contribution in [0.3, 0.4) is 0 Å². The molecule has 1 atom stereocenters. The van der Waals surface area contributed by atoms with E-state index in [1.807, 2.05) is 13.0 Å². The third kappa shape index (κ3) is 10.9. The Morgan fingerprint density at radius 1 is 0.439 bits per heavy atom. The molecule has 0 fully saturated rings. The molecular weight excluding hydrogens is 691 g/mol. The molecule has 3 aromatic carbocycles. The zero-order valence-electron chi connectivity index (χ0n) is 44.7. The first kappa shape index (κ1) is 35.3. The quantitative estimate of drug-likeness (QED) is 0.150. The van der Waals surface area contributed by atoms with Crippen molar-refractivity contribution in [3.05, 3.63) is 158 Å². The summed E-state index contributed by atoms with van der Waals surface area (Å²) in [5, 5.41) is 0. The number of pyridine rings is 3. The first-order chi connectivity index (χ1) is 29.5. The lowest BCUT2D eigenvalue weighted by Gasteiger charge is -2.12. The van der Waals surface area contributed by atoms with Gasteiger partial charge in [0.05, 0.1) is 0 Å². The molecule has 1 unspecified atom stereocenters. The molecule has 3 heteroatoms. The smallest absolute Gasteiger partial charge is 0.201 e. The van der Waals surface area contributed by atoms with Gasteiger partial charge in [0, 0.05) is 61.2 Å². The molecule has 57 heavy (non-hydrogen) atoms. The summed E-state index contributed by atoms with van der Waals surface area (Å²) in [5.74, 6) is -0.565. The second kappa shape index (κ2) is 19.0. The van der Waals surface area contributed by atoms with Crippen molar-refractivity contribution in [2.75, 3.05) is 0 Å². The molecule has 300 valence electrons. The number of aryl methyl sites for hydroxylation is 12. The van der Waals surface area contributed by atoms with E-state index in [9.17, 15) is 0 Å². The van der Waals surface area contributed by atoms with Gasteiger partial charge in [-0.15, -0.1) is 0 Å². The number of hydrogen-bond acceptors (Lipinski definition) is 0. The summed E-state index contributed by atoms with van der Waals surface area (Å²) >= 11 is 0. The fourth-order valence-corrected chi connectivity index (χ4v) is 7.73. The number of hydrogen-bond donors (Lipinski definition) is 0. The predicted molar refractivity (Wildman–Crippen MR) is 244 cm³/mol. The van der Waals surface area contributed by atoms with Gasteiger partial charge in [0.2, 0.25) is 17.1 Å². The molecule has 0 N–H and O–H groups in total. The molecule has 0 aliphatic heterocycles. The van der Waals surface area contributed by atoms with E-state index in [2.05, 4.69) is 153 Å². The molecule has 0 spiro atoms. The van der Waals surface area contributed by atoms with Crippen molar-refractivity contribution in [3.8, 4) is 33.8 Å². The van der Waals surface area contributed by atoms with Crippen LogP contribution in [0.4, 0.5) is 0 Å². The lowest BCUT2D eigenvalue weighted by molar-refractivity contribution is -0.661. The molecule has 0 radical (unpaired) electrons. The van der Waals surface area contributed by atoms with Crippen LogP contribution in [0.1, 0.15) is 136 Å². The largest absolute Gasteiger partial charge is 0.212 e. The normalized spacial score (nSPS) is 14.4. The van der Waals surface area contributed by atoms with E-state index in [0.717, 1.165) is 16.8 Å². The van der Waals surface area contributed by atoms with E-state index in [1.54, 1.807) is 42.9 Å². The van der Waals surface area contributed by atoms with Crippen LogP contribution < -0.4 is 13.7 Å². The van der Waals surface area contributed by atoms with Crippen molar-refractivity contribution in [2.45, 2.75) is 121 Å². The van der Waals surface area contributed by atoms with Gasteiger partial charge < -0.3 is 0 Å². The lowest BCUT2D eigenvalue weighted by Crippen LogP contribution is -2.32. The molecule has 0 saturated heterocycles. The second-order valence-electron chi connectivity index (χ2n) is 16.8. The van der Waals surface area contributed by atoms with Crippen LogP contribution in [0.2, 0.25) is 0 Å². The van der Waals surface area contributed by atoms with Crippen LogP contribution in [-0.4, -0.2) is 0 Å². The summed E-state index contributed by atoms with van der Waals surface area (Å²) in [7, 11) is 6.06. The summed E-state index contributed by atoms with van der Waals surface area (Å²) in [5.41, 5.74) is 20.1. The number of benzene rings is 3. The molecule has 3 aromatic heterocycles. The highest BCUT2D eigenvalue weighted by atomic mass is 14.9. The van der Waals surface area contributed by atoms with Gasteiger partial charge in [0.25, 0.3) is 0 Å². The minimum absolute atomic E-state index is 0.305. The van der Waals surface area contributed by atoms with Crippen molar-refractivity contribution in [1.29, 1.82) is 0 Å². The molecular formula is C54H72N3+3. The highest BCUT2D eigenvalue weighted by Gasteiger charge is 2.19. The van der Waals surface area contributed by atoms with Crippen LogP contribution in [-0.2, 0) is 21.1 Å². The minimum Gasteiger partial charge on any atom is -0.201 e. The summed E-state index contributed by atoms with van der Waals surface area (Å²) in [4.78, 5) is 0. The van der Waals surface area contributed by atoms with Crippen molar-refractivity contribution in [1.82, 2.24) is 0 Å². The third-order valence-corrected chi connectivity index (χ3v) is 11.0. The number of aromatic nitrogens is 3. The Morgan fingerprint density at radius 3 is 1.33 bits per heavy atom. The molecule has 0 aliphatic carbocycles. The van der Waals surface area contributed by atoms with E-state index in [1.165, 1.54) is 73.9 Å². The molecule has 3 heterocycles. The minimum atomic E-state index is -2.43. The lowest BCUT2D eigenvalue weighted by atomic mass is 9.95. The highest BCUT2D eigenvalue weighted by molar-refractivity contribution is 5.64. The summed E-state index contributed by atoms with van der Waals surface area (Å²) in [6.07, 6.45) is 6.13. The van der Waals surface area contributed by atoms with Crippen LogP contribution in [0.5, 0.6) is 0 Å². The van der Waals surface area contributed by atoms with Crippen LogP contribution in [0.25, 0.3) is 33.8 Å². The first-order valence-corrected chi connectivity index (χ1v) is 20.2. The monoisotopic (exact) mass is 770 g/mol. The Balaban J connectivity index is 0.000000214. The Kier molecular flexibility index (Phi) is 11.8. The van der Waals surface area contributed by atoms with Gasteiger partial charge in [-0.05, 0) is 137 Å². The summed E-state index contributed by atoms with van der Waals surface area (Å²) in [6.45, 7) is 22.5. The Bertz CT molecular complexity index is 2630. The van der Waals surface area contributed by atoms with Crippen molar-refractivity contribution < 1.29 is 23.3 Å². The maximum absolute atomic E-state index is 8.23. The Morgan fingerprint density at radius 2 is 0.877 bits per heavy atom. The SMILES string of the molecule is Cc1ccc(-c2cc(C(C)C)c(C)c[n+]2C)c(C)c1.Cc1ccc(-c2cc(C)c(C(C)C)c[n+]2C)c(C)c1.[2H]C([2H])([2H])c1c[n+](C)c(-c2ccc(C([2H])(C)C([2H])([2H])[2H])cc2C)cc1C. The zero-order chi connectivity index (χ0) is 48.4. The van der Waals surface area contributed by atoms with Crippen molar-refractivity contribution in [3.63, 3.8) is 0 Å². The van der Waals surface area contributed by atoms with Crippen LogP contribution in [0, 0.1) is 62.2 Å². The van der Waals surface area contributed by atoms with Crippen LogP contribution in [0.15, 0.2) is 91.4 Å². The molecule has 0 aliphatic rings. The van der Waals surface area contributed by atoms with Gasteiger partial charge in [0.15, 0.2) is 18.6 Å². The molecule has 6 aromatic rings. The fourth-order valence-electron chi connectivity index (χ4n) is 7.73. The van der Waals surface area contributed by atoms with E-state index in [4.69, 9.17) is 9.60 Å². The van der Waals surface area contributed by atoms with Gasteiger partial charge in [-0.1, -0.05) is 89.0 Å². The average Bonchev–Trinajstić information content (AvgIpc) is 3.16. The van der Waals surface area contributed by atoms with Gasteiger partial charge in [-0.25, -0.2) is 13.7 Å². The Hall–Kier alpha value is -4.89. The van der Waals surface area contributed by atoms with E-state index >= 15 is 0 Å². The van der Waals surface area contributed by atoms with Gasteiger partial charge in [0.1, 0.15) is 21.1 Å². The van der Waals surface area contributed by atoms with Crippen molar-refractivity contribution >= 4 is 0 Å². The molecule has 0 amide bonds. The molecule has 0 bridgehead atoms. The maximum Gasteiger partial charge on any atom is 0.212 e. The number of nitrogens with zero attached hydrogens (tertiary/aromatic N) is 3. The third-order valence-electron chi connectivity index (χ3n) is 11.0. The van der Waals surface area contributed by atoms with Crippen molar-refractivity contribution in [2.24, 2.45) is 21.1 Å². The van der Waals surface area contributed by atoms with E-state index in [0.29, 0.717) is 28.5 Å². The standard InChI is InChI=1S/3C18H24N/c1-12(2)16-7-8-17(14(4)9-16)18-10-13(3)15(5)11-19(18)6;1-12(2)17-10-18(19(6)11-15(17)5)16-8-7-13(3)9-14(16)4;1-12(2)17-11-19(6)18(10-15(17)5)16-8-7-13(3)9-14(16)4/h3*7-12H,1-6H3/q3*+1/i1D3,5D3,12D;;. The summed E-state index contributed by atoms with van der Waals surface area (Å²) in [6, 6.07) is 25.0. The molecule has 3 nitrogen and oxygen atoms in total. The molecule has 6 rings (SSSR count). The zero-order valence-corrected chi connectivity index (χ0v) is 37.7. The second-order valence-corrected chi connectivity index (χ2v) is 16.8. The number of rotatable bonds is 6. The highest BCUT2D eigenvalue weighted by Crippen LogP contribution is 2.28. The van der Waals surface area contributed by atoms with E-state index < -0.39 is 19.6 Å². The Labute approximate surface area is 357 Å². The fraction of sp³-hybridized carbons (Fsp3) is 0.389. The predicted octanol–water partition coefficient (Wildman–Crippen LogP) is 12.7. The average molecular weight is 770 g/mol. The maximum atomic E-state index is 8.23. The van der Waals surface area contributed by atoms with Gasteiger partial charge >= 0.3 is 0 Å². The molecule has 0 saturated carbocycles. The van der Waals surface area contributed by atoms with E-state index in [-0.39, 0.29) is 0 Å².